The molecule has 0 bridgehead atoms. The van der Waals surface area contributed by atoms with Gasteiger partial charge in [-0.2, -0.15) is 9.97 Å². The fourth-order valence-electron chi connectivity index (χ4n) is 0.577. The lowest BCUT2D eigenvalue weighted by Gasteiger charge is -1.96. The van der Waals surface area contributed by atoms with Crippen molar-refractivity contribution in [2.45, 2.75) is 0 Å². The van der Waals surface area contributed by atoms with E-state index < -0.39 is 5.69 Å². The molecule has 0 aromatic carbocycles. The van der Waals surface area contributed by atoms with Crippen molar-refractivity contribution in [3.05, 3.63) is 22.9 Å². The highest BCUT2D eigenvalue weighted by molar-refractivity contribution is 5.31. The Morgan fingerprint density at radius 3 is 2.92 bits per heavy atom. The molecule has 7 heteroatoms. The van der Waals surface area contributed by atoms with Crippen molar-refractivity contribution in [1.82, 2.24) is 15.0 Å². The van der Waals surface area contributed by atoms with Gasteiger partial charge in [0.25, 0.3) is 0 Å². The molecule has 0 fully saturated rings. The fourth-order valence-corrected chi connectivity index (χ4v) is 0.577. The maximum atomic E-state index is 10.7. The Morgan fingerprint density at radius 1 is 1.58 bits per heavy atom. The number of aliphatic hydroxyl groups excluding tert-OH is 1. The number of hydrogen-bond acceptors (Lipinski definition) is 6. The van der Waals surface area contributed by atoms with E-state index in [1.807, 2.05) is 0 Å². The molecule has 1 heterocycles. The first-order valence-electron chi connectivity index (χ1n) is 3.02. The van der Waals surface area contributed by atoms with Gasteiger partial charge in [0.2, 0.25) is 11.9 Å². The molecule has 1 aromatic rings. The Labute approximate surface area is 67.0 Å². The zero-order chi connectivity index (χ0) is 8.97. The topological polar surface area (TPSA) is 117 Å². The SMILES string of the molecule is Nc1nc(NC=CO)nc(=O)[nH]1. The molecule has 0 unspecified atom stereocenters. The molecule has 0 radical (unpaired) electrons. The summed E-state index contributed by atoms with van der Waals surface area (Å²) >= 11 is 0. The standard InChI is InChI=1S/C5H7N5O2/c6-3-8-4(7-1-2-11)10-5(12)9-3/h1-2,11H,(H4,6,7,8,9,10,12). The number of hydrogen-bond donors (Lipinski definition) is 4. The fraction of sp³-hybridized carbons (Fsp3) is 0. The predicted molar refractivity (Wildman–Crippen MR) is 42.5 cm³/mol. The summed E-state index contributed by atoms with van der Waals surface area (Å²) in [5, 5.41) is 10.7. The van der Waals surface area contributed by atoms with E-state index in [1.165, 1.54) is 0 Å². The van der Waals surface area contributed by atoms with Crippen LogP contribution in [-0.2, 0) is 0 Å². The first-order valence-corrected chi connectivity index (χ1v) is 3.02. The summed E-state index contributed by atoms with van der Waals surface area (Å²) < 4.78 is 0. The number of H-pyrrole nitrogens is 1. The normalized spacial score (nSPS) is 10.3. The summed E-state index contributed by atoms with van der Waals surface area (Å²) in [6.07, 6.45) is 1.91. The van der Waals surface area contributed by atoms with Gasteiger partial charge in [-0.1, -0.05) is 0 Å². The van der Waals surface area contributed by atoms with Gasteiger partial charge < -0.3 is 16.2 Å². The lowest BCUT2D eigenvalue weighted by Crippen LogP contribution is -2.16. The van der Waals surface area contributed by atoms with Crippen LogP contribution in [0.2, 0.25) is 0 Å². The van der Waals surface area contributed by atoms with Crippen LogP contribution < -0.4 is 16.7 Å². The molecule has 1 rings (SSSR count). The van der Waals surface area contributed by atoms with E-state index >= 15 is 0 Å². The lowest BCUT2D eigenvalue weighted by molar-refractivity contribution is 0.473. The van der Waals surface area contributed by atoms with Crippen LogP contribution >= 0.6 is 0 Å². The Hall–Kier alpha value is -2.05. The molecule has 12 heavy (non-hydrogen) atoms. The van der Waals surface area contributed by atoms with E-state index in [0.29, 0.717) is 0 Å². The Morgan fingerprint density at radius 2 is 2.33 bits per heavy atom. The number of nitrogens with two attached hydrogens (primary N) is 1. The van der Waals surface area contributed by atoms with Gasteiger partial charge in [-0.25, -0.2) is 4.79 Å². The zero-order valence-corrected chi connectivity index (χ0v) is 5.98. The van der Waals surface area contributed by atoms with Crippen molar-refractivity contribution < 1.29 is 5.11 Å². The third-order valence-electron chi connectivity index (χ3n) is 0.956. The molecule has 64 valence electrons. The van der Waals surface area contributed by atoms with Gasteiger partial charge in [-0.05, 0) is 0 Å². The summed E-state index contributed by atoms with van der Waals surface area (Å²) in [4.78, 5) is 19.8. The molecular weight excluding hydrogens is 162 g/mol. The van der Waals surface area contributed by atoms with Gasteiger partial charge in [0.1, 0.15) is 0 Å². The van der Waals surface area contributed by atoms with Crippen LogP contribution in [0.15, 0.2) is 17.3 Å². The lowest BCUT2D eigenvalue weighted by atomic mass is 10.8. The summed E-state index contributed by atoms with van der Waals surface area (Å²) in [5.41, 5.74) is 4.60. The third-order valence-corrected chi connectivity index (χ3v) is 0.956. The maximum absolute atomic E-state index is 10.7. The van der Waals surface area contributed by atoms with Gasteiger partial charge in [0.05, 0.1) is 6.26 Å². The Bertz CT molecular complexity index is 344. The summed E-state index contributed by atoms with van der Waals surface area (Å²) in [6, 6.07) is 0. The van der Waals surface area contributed by atoms with Crippen LogP contribution in [-0.4, -0.2) is 20.1 Å². The molecule has 0 saturated carbocycles. The van der Waals surface area contributed by atoms with Gasteiger partial charge in [0, 0.05) is 6.20 Å². The molecule has 0 saturated heterocycles. The van der Waals surface area contributed by atoms with Crippen LogP contribution in [0.25, 0.3) is 0 Å². The molecule has 0 aliphatic heterocycles. The van der Waals surface area contributed by atoms with Crippen molar-refractivity contribution in [1.29, 1.82) is 0 Å². The van der Waals surface area contributed by atoms with Crippen LogP contribution in [0.1, 0.15) is 0 Å². The summed E-state index contributed by atoms with van der Waals surface area (Å²) in [5.74, 6) is -0.00890. The van der Waals surface area contributed by atoms with E-state index in [0.717, 1.165) is 12.5 Å². The second kappa shape index (κ2) is 3.37. The molecule has 0 amide bonds. The number of aliphatic hydroxyl groups is 1. The van der Waals surface area contributed by atoms with Crippen molar-refractivity contribution in [3.8, 4) is 0 Å². The van der Waals surface area contributed by atoms with E-state index in [9.17, 15) is 4.79 Å². The molecule has 0 aliphatic rings. The minimum atomic E-state index is -0.601. The Kier molecular flexibility index (Phi) is 2.26. The molecular formula is C5H7N5O2. The minimum absolute atomic E-state index is 0.0292. The average Bonchev–Trinajstić information content (AvgIpc) is 1.99. The monoisotopic (exact) mass is 169 g/mol. The minimum Gasteiger partial charge on any atom is -0.514 e. The van der Waals surface area contributed by atoms with Crippen molar-refractivity contribution in [2.75, 3.05) is 11.1 Å². The first kappa shape index (κ1) is 8.05. The number of rotatable bonds is 2. The number of anilines is 2. The van der Waals surface area contributed by atoms with Crippen molar-refractivity contribution in [2.24, 2.45) is 0 Å². The molecule has 1 aromatic heterocycles. The van der Waals surface area contributed by atoms with E-state index in [2.05, 4.69) is 20.3 Å². The number of aromatic nitrogens is 3. The van der Waals surface area contributed by atoms with Crippen molar-refractivity contribution in [3.63, 3.8) is 0 Å². The summed E-state index contributed by atoms with van der Waals surface area (Å²) in [7, 11) is 0. The summed E-state index contributed by atoms with van der Waals surface area (Å²) in [6.45, 7) is 0. The zero-order valence-electron chi connectivity index (χ0n) is 5.98. The highest BCUT2D eigenvalue weighted by Crippen LogP contribution is 1.93. The molecule has 0 spiro atoms. The molecule has 5 N–H and O–H groups in total. The second-order valence-corrected chi connectivity index (χ2v) is 1.82. The van der Waals surface area contributed by atoms with E-state index in [4.69, 9.17) is 10.8 Å². The third kappa shape index (κ3) is 1.97. The van der Waals surface area contributed by atoms with Crippen LogP contribution in [0.5, 0.6) is 0 Å². The smallest absolute Gasteiger partial charge is 0.350 e. The molecule has 7 nitrogen and oxygen atoms in total. The largest absolute Gasteiger partial charge is 0.514 e. The molecule has 0 aliphatic carbocycles. The van der Waals surface area contributed by atoms with Crippen LogP contribution in [0, 0.1) is 0 Å². The number of nitrogens with zero attached hydrogens (tertiary/aromatic N) is 2. The van der Waals surface area contributed by atoms with Gasteiger partial charge in [-0.3, -0.25) is 4.98 Å². The highest BCUT2D eigenvalue weighted by atomic mass is 16.2. The number of aromatic amines is 1. The first-order chi connectivity index (χ1) is 5.72. The maximum Gasteiger partial charge on any atom is 0.350 e. The predicted octanol–water partition coefficient (Wildman–Crippen LogP) is -0.812. The van der Waals surface area contributed by atoms with Gasteiger partial charge in [-0.15, -0.1) is 0 Å². The average molecular weight is 169 g/mol. The van der Waals surface area contributed by atoms with Crippen molar-refractivity contribution >= 4 is 11.9 Å². The van der Waals surface area contributed by atoms with Crippen LogP contribution in [0.4, 0.5) is 11.9 Å². The quantitative estimate of drug-likeness (QED) is 0.430. The van der Waals surface area contributed by atoms with Gasteiger partial charge >= 0.3 is 5.69 Å². The van der Waals surface area contributed by atoms with Crippen LogP contribution in [0.3, 0.4) is 0 Å². The Balaban J connectivity index is 2.93. The second-order valence-electron chi connectivity index (χ2n) is 1.82. The highest BCUT2D eigenvalue weighted by Gasteiger charge is 1.95. The number of nitrogens with one attached hydrogen (secondary N) is 2. The van der Waals surface area contributed by atoms with E-state index in [1.54, 1.807) is 0 Å². The number of nitrogen functional groups attached to an aromatic ring is 1. The van der Waals surface area contributed by atoms with E-state index in [-0.39, 0.29) is 11.9 Å². The molecule has 0 atom stereocenters. The van der Waals surface area contributed by atoms with Gasteiger partial charge in [0.15, 0.2) is 0 Å².